The zero-order valence-electron chi connectivity index (χ0n) is 18.9. The van der Waals surface area contributed by atoms with E-state index >= 15 is 0 Å². The molecule has 1 N–H and O–H groups in total. The van der Waals surface area contributed by atoms with Crippen molar-refractivity contribution in [2.75, 3.05) is 27.0 Å². The van der Waals surface area contributed by atoms with Crippen molar-refractivity contribution in [1.82, 2.24) is 15.1 Å². The third-order valence-corrected chi connectivity index (χ3v) is 6.13. The van der Waals surface area contributed by atoms with Gasteiger partial charge < -0.3 is 24.4 Å². The first-order valence-corrected chi connectivity index (χ1v) is 10.9. The average Bonchev–Trinajstić information content (AvgIpc) is 3.40. The number of fused-ring (bicyclic) bond motifs is 1. The highest BCUT2D eigenvalue weighted by Crippen LogP contribution is 2.34. The second kappa shape index (κ2) is 9.01. The van der Waals surface area contributed by atoms with Crippen molar-refractivity contribution in [3.63, 3.8) is 0 Å². The zero-order chi connectivity index (χ0) is 23.6. The summed E-state index contributed by atoms with van der Waals surface area (Å²) in [6, 6.07) is 11.9. The van der Waals surface area contributed by atoms with Gasteiger partial charge in [-0.3, -0.25) is 14.5 Å². The normalized spacial score (nSPS) is 18.9. The van der Waals surface area contributed by atoms with Crippen molar-refractivity contribution in [1.29, 1.82) is 0 Å². The van der Waals surface area contributed by atoms with E-state index in [2.05, 4.69) is 5.32 Å². The van der Waals surface area contributed by atoms with Gasteiger partial charge in [0.1, 0.15) is 17.8 Å². The van der Waals surface area contributed by atoms with Crippen LogP contribution in [0.5, 0.6) is 17.2 Å². The minimum absolute atomic E-state index is 0.175. The molecule has 0 aromatic heterocycles. The lowest BCUT2D eigenvalue weighted by molar-refractivity contribution is -0.139. The number of urea groups is 1. The summed E-state index contributed by atoms with van der Waals surface area (Å²) in [7, 11) is 1.56. The van der Waals surface area contributed by atoms with Gasteiger partial charge in [-0.15, -0.1) is 0 Å². The molecule has 4 rings (SSSR count). The summed E-state index contributed by atoms with van der Waals surface area (Å²) in [5, 5.41) is 2.81. The lowest BCUT2D eigenvalue weighted by atomic mass is 9.87. The number of benzene rings is 2. The van der Waals surface area contributed by atoms with Gasteiger partial charge in [0.2, 0.25) is 12.7 Å². The minimum Gasteiger partial charge on any atom is -0.497 e. The molecule has 0 aliphatic carbocycles. The molecule has 2 aromatic rings. The smallest absolute Gasteiger partial charge is 0.325 e. The Kier molecular flexibility index (Phi) is 6.13. The van der Waals surface area contributed by atoms with Crippen LogP contribution in [0.15, 0.2) is 42.5 Å². The van der Waals surface area contributed by atoms with E-state index in [0.29, 0.717) is 42.3 Å². The predicted molar refractivity (Wildman–Crippen MR) is 119 cm³/mol. The largest absolute Gasteiger partial charge is 0.497 e. The summed E-state index contributed by atoms with van der Waals surface area (Å²) in [6.45, 7) is 4.27. The number of carbonyl (C=O) groups is 3. The molecule has 2 aromatic carbocycles. The third-order valence-electron chi connectivity index (χ3n) is 6.13. The number of amides is 4. The van der Waals surface area contributed by atoms with Gasteiger partial charge in [-0.2, -0.15) is 0 Å². The van der Waals surface area contributed by atoms with Crippen LogP contribution in [0.4, 0.5) is 4.79 Å². The first kappa shape index (κ1) is 22.4. The fourth-order valence-electron chi connectivity index (χ4n) is 4.16. The number of nitrogens with zero attached hydrogens (tertiary/aromatic N) is 2. The van der Waals surface area contributed by atoms with E-state index in [4.69, 9.17) is 14.2 Å². The highest BCUT2D eigenvalue weighted by atomic mass is 16.7. The van der Waals surface area contributed by atoms with Crippen LogP contribution >= 0.6 is 0 Å². The molecule has 0 bridgehead atoms. The first-order valence-electron chi connectivity index (χ1n) is 10.9. The highest BCUT2D eigenvalue weighted by molar-refractivity contribution is 6.09. The zero-order valence-corrected chi connectivity index (χ0v) is 18.9. The maximum atomic E-state index is 13.4. The molecule has 2 aliphatic rings. The van der Waals surface area contributed by atoms with Crippen LogP contribution in [0, 0.1) is 0 Å². The van der Waals surface area contributed by atoms with Crippen LogP contribution < -0.4 is 19.5 Å². The van der Waals surface area contributed by atoms with Crippen molar-refractivity contribution in [2.24, 2.45) is 0 Å². The maximum Gasteiger partial charge on any atom is 0.325 e. The second-order valence-electron chi connectivity index (χ2n) is 7.90. The molecular formula is C24H27N3O6. The lowest BCUT2D eigenvalue weighted by Gasteiger charge is -2.27. The topological polar surface area (TPSA) is 97.4 Å². The van der Waals surface area contributed by atoms with Gasteiger partial charge in [0, 0.05) is 13.1 Å². The summed E-state index contributed by atoms with van der Waals surface area (Å²) in [5.41, 5.74) is 0.303. The number of hydrogen-bond donors (Lipinski definition) is 1. The van der Waals surface area contributed by atoms with Crippen LogP contribution in [0.25, 0.3) is 0 Å². The van der Waals surface area contributed by atoms with Gasteiger partial charge in [-0.05, 0) is 48.7 Å². The molecule has 2 aliphatic heterocycles. The second-order valence-corrected chi connectivity index (χ2v) is 7.90. The molecule has 0 saturated carbocycles. The molecule has 174 valence electrons. The van der Waals surface area contributed by atoms with Crippen LogP contribution in [0.3, 0.4) is 0 Å². The van der Waals surface area contributed by atoms with Gasteiger partial charge in [0.15, 0.2) is 11.5 Å². The van der Waals surface area contributed by atoms with Crippen molar-refractivity contribution in [3.05, 3.63) is 53.6 Å². The number of carbonyl (C=O) groups excluding carboxylic acids is 3. The van der Waals surface area contributed by atoms with Crippen molar-refractivity contribution in [2.45, 2.75) is 32.4 Å². The van der Waals surface area contributed by atoms with E-state index < -0.39 is 17.5 Å². The Bertz CT molecular complexity index is 1070. The Morgan fingerprint density at radius 2 is 1.85 bits per heavy atom. The van der Waals surface area contributed by atoms with Crippen molar-refractivity contribution >= 4 is 17.8 Å². The quantitative estimate of drug-likeness (QED) is 0.617. The molecule has 1 atom stereocenters. The number of hydrogen-bond acceptors (Lipinski definition) is 6. The average molecular weight is 453 g/mol. The molecule has 1 fully saturated rings. The fraction of sp³-hybridized carbons (Fsp3) is 0.375. The number of rotatable bonds is 8. The molecular weight excluding hydrogens is 426 g/mol. The minimum atomic E-state index is -1.21. The van der Waals surface area contributed by atoms with E-state index in [1.165, 1.54) is 0 Å². The predicted octanol–water partition coefficient (Wildman–Crippen LogP) is 2.63. The number of likely N-dealkylation sites (N-methyl/N-ethyl adjacent to an activating group) is 1. The number of imide groups is 1. The molecule has 0 radical (unpaired) electrons. The van der Waals surface area contributed by atoms with Crippen molar-refractivity contribution in [3.8, 4) is 17.2 Å². The molecule has 0 unspecified atom stereocenters. The molecule has 9 nitrogen and oxygen atoms in total. The van der Waals surface area contributed by atoms with E-state index in [9.17, 15) is 14.4 Å². The van der Waals surface area contributed by atoms with Crippen LogP contribution in [0.1, 0.15) is 31.4 Å². The standard InChI is InChI=1S/C24H27N3O6/c1-4-24(17-7-9-18(31-3)10-8-17)22(29)27(23(30)25-24)14-21(28)26(5-2)13-16-6-11-19-20(12-16)33-15-32-19/h6-12H,4-5,13-15H2,1-3H3,(H,25,30)/t24-/m1/s1. The van der Waals surface area contributed by atoms with E-state index in [-0.39, 0.29) is 19.2 Å². The summed E-state index contributed by atoms with van der Waals surface area (Å²) in [6.07, 6.45) is 0.350. The summed E-state index contributed by atoms with van der Waals surface area (Å²) >= 11 is 0. The Morgan fingerprint density at radius 3 is 2.52 bits per heavy atom. The highest BCUT2D eigenvalue weighted by Gasteiger charge is 2.51. The van der Waals surface area contributed by atoms with Crippen LogP contribution in [-0.4, -0.2) is 54.6 Å². The number of methoxy groups -OCH3 is 1. The van der Waals surface area contributed by atoms with E-state index in [0.717, 1.165) is 10.5 Å². The summed E-state index contributed by atoms with van der Waals surface area (Å²) < 4.78 is 15.9. The third kappa shape index (κ3) is 4.06. The molecule has 9 heteroatoms. The summed E-state index contributed by atoms with van der Waals surface area (Å²) in [4.78, 5) is 41.8. The fourth-order valence-corrected chi connectivity index (χ4v) is 4.16. The Morgan fingerprint density at radius 1 is 1.12 bits per heavy atom. The SMILES string of the molecule is CCN(Cc1ccc2c(c1)OCO2)C(=O)CN1C(=O)N[C@](CC)(c2ccc(OC)cc2)C1=O. The van der Waals surface area contributed by atoms with Gasteiger partial charge in [0.25, 0.3) is 5.91 Å². The van der Waals surface area contributed by atoms with E-state index in [1.807, 2.05) is 26.0 Å². The summed E-state index contributed by atoms with van der Waals surface area (Å²) in [5.74, 6) is 1.20. The Labute approximate surface area is 192 Å². The van der Waals surface area contributed by atoms with Crippen LogP contribution in [-0.2, 0) is 21.7 Å². The van der Waals surface area contributed by atoms with Crippen molar-refractivity contribution < 1.29 is 28.6 Å². The Hall–Kier alpha value is -3.75. The lowest BCUT2D eigenvalue weighted by Crippen LogP contribution is -2.45. The van der Waals surface area contributed by atoms with Gasteiger partial charge >= 0.3 is 6.03 Å². The van der Waals surface area contributed by atoms with Gasteiger partial charge in [0.05, 0.1) is 7.11 Å². The molecule has 4 amide bonds. The Balaban J connectivity index is 1.49. The number of nitrogens with one attached hydrogen (secondary N) is 1. The van der Waals surface area contributed by atoms with Gasteiger partial charge in [-0.1, -0.05) is 25.1 Å². The van der Waals surface area contributed by atoms with Gasteiger partial charge in [-0.25, -0.2) is 4.79 Å². The molecule has 1 saturated heterocycles. The molecule has 0 spiro atoms. The first-order chi connectivity index (χ1) is 15.9. The molecule has 2 heterocycles. The number of ether oxygens (including phenoxy) is 3. The van der Waals surface area contributed by atoms with Crippen LogP contribution in [0.2, 0.25) is 0 Å². The maximum absolute atomic E-state index is 13.4. The molecule has 33 heavy (non-hydrogen) atoms. The van der Waals surface area contributed by atoms with E-state index in [1.54, 1.807) is 42.3 Å². The monoisotopic (exact) mass is 453 g/mol.